The summed E-state index contributed by atoms with van der Waals surface area (Å²) in [4.78, 5) is 2.35. The van der Waals surface area contributed by atoms with Crippen molar-refractivity contribution >= 4 is 21.2 Å². The van der Waals surface area contributed by atoms with Crippen LogP contribution in [0, 0.1) is 0 Å². The SMILES string of the molecule is COc1ccc([AsH2])cc1CN1CCCC1CO. The molecule has 2 atom stereocenters. The first kappa shape index (κ1) is 12.9. The van der Waals surface area contributed by atoms with Gasteiger partial charge in [-0.3, -0.25) is 0 Å². The maximum atomic E-state index is 9.33. The van der Waals surface area contributed by atoms with Gasteiger partial charge in [0.1, 0.15) is 0 Å². The molecule has 2 rings (SSSR count). The average molecular weight is 297 g/mol. The van der Waals surface area contributed by atoms with Gasteiger partial charge in [-0.15, -0.1) is 0 Å². The summed E-state index contributed by atoms with van der Waals surface area (Å²) in [5.74, 6) is 0.954. The number of methoxy groups -OCH3 is 1. The van der Waals surface area contributed by atoms with Crippen molar-refractivity contribution in [2.75, 3.05) is 20.3 Å². The van der Waals surface area contributed by atoms with Crippen LogP contribution in [0.5, 0.6) is 5.75 Å². The summed E-state index contributed by atoms with van der Waals surface area (Å²) in [6, 6.07) is 6.66. The molecule has 1 aromatic rings. The van der Waals surface area contributed by atoms with Gasteiger partial charge in [0.2, 0.25) is 0 Å². The molecule has 0 bridgehead atoms. The number of ether oxygens (including phenoxy) is 1. The Bertz CT molecular complexity index is 384. The van der Waals surface area contributed by atoms with E-state index >= 15 is 0 Å². The number of rotatable bonds is 4. The van der Waals surface area contributed by atoms with E-state index in [0.717, 1.165) is 25.3 Å². The molecule has 0 aromatic heterocycles. The van der Waals surface area contributed by atoms with Crippen LogP contribution >= 0.6 is 0 Å². The molecule has 3 nitrogen and oxygen atoms in total. The summed E-state index contributed by atoms with van der Waals surface area (Å²) in [6.07, 6.45) is 2.29. The second-order valence-corrected chi connectivity index (χ2v) is 5.92. The van der Waals surface area contributed by atoms with Crippen molar-refractivity contribution < 1.29 is 9.84 Å². The first-order valence-electron chi connectivity index (χ1n) is 6.02. The van der Waals surface area contributed by atoms with E-state index in [9.17, 15) is 5.11 Å². The normalized spacial score (nSPS) is 20.8. The predicted octanol–water partition coefficient (Wildman–Crippen LogP) is -0.0897. The average Bonchev–Trinajstić information content (AvgIpc) is 2.77. The molecule has 17 heavy (non-hydrogen) atoms. The summed E-state index contributed by atoms with van der Waals surface area (Å²) in [6.45, 7) is 2.22. The zero-order chi connectivity index (χ0) is 12.3. The molecule has 1 aliphatic rings. The molecule has 1 aromatic carbocycles. The maximum absolute atomic E-state index is 9.33. The quantitative estimate of drug-likeness (QED) is 0.789. The number of benzene rings is 1. The molecule has 1 N–H and O–H groups in total. The first-order valence-corrected chi connectivity index (χ1v) is 7.23. The van der Waals surface area contributed by atoms with Gasteiger partial charge in [0.15, 0.2) is 0 Å². The number of nitrogens with zero attached hydrogens (tertiary/aromatic N) is 1. The van der Waals surface area contributed by atoms with Crippen molar-refractivity contribution in [2.45, 2.75) is 25.4 Å². The zero-order valence-corrected chi connectivity index (χ0v) is 12.6. The second kappa shape index (κ2) is 5.90. The number of aliphatic hydroxyl groups is 1. The van der Waals surface area contributed by atoms with Crippen LogP contribution in [0.1, 0.15) is 18.4 Å². The van der Waals surface area contributed by atoms with Gasteiger partial charge in [0, 0.05) is 0 Å². The number of likely N-dealkylation sites (tertiary alicyclic amines) is 1. The minimum atomic E-state index is 0.262. The van der Waals surface area contributed by atoms with Crippen molar-refractivity contribution in [1.29, 1.82) is 0 Å². The molecular weight excluding hydrogens is 277 g/mol. The fourth-order valence-corrected chi connectivity index (χ4v) is 3.07. The van der Waals surface area contributed by atoms with E-state index in [4.69, 9.17) is 4.74 Å². The molecule has 94 valence electrons. The topological polar surface area (TPSA) is 32.7 Å². The van der Waals surface area contributed by atoms with Gasteiger partial charge in [-0.1, -0.05) is 0 Å². The molecule has 0 radical (unpaired) electrons. The minimum absolute atomic E-state index is 0.262. The Morgan fingerprint density at radius 1 is 1.53 bits per heavy atom. The molecule has 1 saturated heterocycles. The summed E-state index contributed by atoms with van der Waals surface area (Å²) in [5.41, 5.74) is 1.23. The number of hydrogen-bond acceptors (Lipinski definition) is 3. The Labute approximate surface area is 111 Å². The Balaban J connectivity index is 2.14. The van der Waals surface area contributed by atoms with E-state index in [0.29, 0.717) is 6.04 Å². The van der Waals surface area contributed by atoms with E-state index in [-0.39, 0.29) is 6.61 Å². The fourth-order valence-electron chi connectivity index (χ4n) is 2.45. The van der Waals surface area contributed by atoms with Crippen LogP contribution in [0.25, 0.3) is 0 Å². The van der Waals surface area contributed by atoms with Crippen LogP contribution in [0.3, 0.4) is 0 Å². The third-order valence-electron chi connectivity index (χ3n) is 3.39. The van der Waals surface area contributed by atoms with Crippen molar-refractivity contribution in [1.82, 2.24) is 4.90 Å². The van der Waals surface area contributed by atoms with Crippen molar-refractivity contribution in [3.05, 3.63) is 23.8 Å². The molecule has 1 heterocycles. The molecule has 0 spiro atoms. The summed E-state index contributed by atoms with van der Waals surface area (Å²) in [5, 5.41) is 9.33. The molecule has 2 unspecified atom stereocenters. The number of hydrogen-bond donors (Lipinski definition) is 1. The van der Waals surface area contributed by atoms with E-state index in [1.54, 1.807) is 24.0 Å². The van der Waals surface area contributed by atoms with Crippen molar-refractivity contribution in [3.8, 4) is 5.75 Å². The fraction of sp³-hybridized carbons (Fsp3) is 0.538. The van der Waals surface area contributed by atoms with E-state index in [1.165, 1.54) is 16.3 Å². The predicted molar refractivity (Wildman–Crippen MR) is 71.7 cm³/mol. The van der Waals surface area contributed by atoms with Gasteiger partial charge in [0.25, 0.3) is 0 Å². The van der Waals surface area contributed by atoms with Crippen molar-refractivity contribution in [3.63, 3.8) is 0 Å². The molecule has 0 amide bonds. The van der Waals surface area contributed by atoms with Gasteiger partial charge >= 0.3 is 111 Å². The second-order valence-electron chi connectivity index (χ2n) is 4.52. The van der Waals surface area contributed by atoms with Gasteiger partial charge in [-0.2, -0.15) is 0 Å². The Kier molecular flexibility index (Phi) is 4.49. The van der Waals surface area contributed by atoms with E-state index in [1.807, 2.05) is 6.07 Å². The van der Waals surface area contributed by atoms with Crippen LogP contribution in [0.15, 0.2) is 18.2 Å². The zero-order valence-electron chi connectivity index (χ0n) is 10.2. The summed E-state index contributed by atoms with van der Waals surface area (Å²) < 4.78 is 6.71. The summed E-state index contributed by atoms with van der Waals surface area (Å²) in [7, 11) is 1.72. The van der Waals surface area contributed by atoms with Crippen LogP contribution in [0.4, 0.5) is 0 Å². The third-order valence-corrected chi connectivity index (χ3v) is 4.14. The molecular formula is C13H20AsNO2. The van der Waals surface area contributed by atoms with Crippen LogP contribution < -0.4 is 9.09 Å². The van der Waals surface area contributed by atoms with Crippen molar-refractivity contribution in [2.24, 2.45) is 0 Å². The van der Waals surface area contributed by atoms with Crippen LogP contribution in [-0.2, 0) is 6.54 Å². The Hall–Kier alpha value is -0.502. The van der Waals surface area contributed by atoms with Gasteiger partial charge < -0.3 is 0 Å². The summed E-state index contributed by atoms with van der Waals surface area (Å²) >= 11 is 1.63. The third kappa shape index (κ3) is 3.04. The monoisotopic (exact) mass is 297 g/mol. The van der Waals surface area contributed by atoms with Crippen LogP contribution in [0.2, 0.25) is 0 Å². The molecule has 0 saturated carbocycles. The van der Waals surface area contributed by atoms with E-state index in [2.05, 4.69) is 17.0 Å². The van der Waals surface area contributed by atoms with Crippen LogP contribution in [-0.4, -0.2) is 53.2 Å². The molecule has 4 heteroatoms. The standard InChI is InChI=1S/C13H20AsNO2/c1-17-13-5-4-11(14)7-10(13)8-15-6-2-3-12(15)9-16/h4-5,7,12,16H,2-3,6,8-9,14H2,1H3. The Morgan fingerprint density at radius 3 is 3.06 bits per heavy atom. The van der Waals surface area contributed by atoms with Gasteiger partial charge in [0.05, 0.1) is 0 Å². The Morgan fingerprint density at radius 2 is 2.35 bits per heavy atom. The van der Waals surface area contributed by atoms with Gasteiger partial charge in [-0.25, -0.2) is 0 Å². The molecule has 1 fully saturated rings. The van der Waals surface area contributed by atoms with E-state index < -0.39 is 0 Å². The number of aliphatic hydroxyl groups excluding tert-OH is 1. The molecule has 1 aliphatic heterocycles. The first-order chi connectivity index (χ1) is 8.24. The molecule has 0 aliphatic carbocycles. The van der Waals surface area contributed by atoms with Gasteiger partial charge in [-0.05, 0) is 0 Å².